The molecule has 0 saturated carbocycles. The van der Waals surface area contributed by atoms with Gasteiger partial charge in [0.25, 0.3) is 0 Å². The Morgan fingerprint density at radius 3 is 3.13 bits per heavy atom. The van der Waals surface area contributed by atoms with Gasteiger partial charge in [-0.05, 0) is 13.3 Å². The highest BCUT2D eigenvalue weighted by molar-refractivity contribution is 7.09. The normalized spacial score (nSPS) is 21.7. The van der Waals surface area contributed by atoms with Crippen LogP contribution in [-0.2, 0) is 17.9 Å². The summed E-state index contributed by atoms with van der Waals surface area (Å²) in [5, 5.41) is 13.3. The molecule has 1 amide bonds. The van der Waals surface area contributed by atoms with Crippen molar-refractivity contribution in [2.45, 2.75) is 38.6 Å². The number of alkyl halides is 1. The minimum Gasteiger partial charge on any atom is -0.353 e. The summed E-state index contributed by atoms with van der Waals surface area (Å²) in [6.07, 6.45) is 2.73. The fourth-order valence-electron chi connectivity index (χ4n) is 2.77. The van der Waals surface area contributed by atoms with Crippen molar-refractivity contribution in [1.82, 2.24) is 30.2 Å². The molecule has 9 heteroatoms. The lowest BCUT2D eigenvalue weighted by Crippen LogP contribution is -2.40. The number of aryl methyl sites for hydroxylation is 1. The minimum absolute atomic E-state index is 0.00768. The van der Waals surface area contributed by atoms with Crippen LogP contribution in [-0.4, -0.2) is 56.1 Å². The Morgan fingerprint density at radius 1 is 1.57 bits per heavy atom. The predicted molar refractivity (Wildman–Crippen MR) is 83.6 cm³/mol. The summed E-state index contributed by atoms with van der Waals surface area (Å²) >= 11 is 1.59. The Hall–Kier alpha value is -1.87. The summed E-state index contributed by atoms with van der Waals surface area (Å²) < 4.78 is 15.2. The average Bonchev–Trinajstić information content (AvgIpc) is 3.21. The molecule has 1 N–H and O–H groups in total. The number of aromatic nitrogens is 4. The SMILES string of the molecule is Cc1nc(CN2C[C@@H](F)C[C@H]2CNC(=O)Cn2ccnn2)cs1. The first kappa shape index (κ1) is 16.0. The lowest BCUT2D eigenvalue weighted by Gasteiger charge is -2.23. The number of halogens is 1. The predicted octanol–water partition coefficient (Wildman–Crippen LogP) is 0.772. The van der Waals surface area contributed by atoms with Crippen LogP contribution in [0.15, 0.2) is 17.8 Å². The first-order chi connectivity index (χ1) is 11.1. The van der Waals surface area contributed by atoms with Gasteiger partial charge in [-0.3, -0.25) is 9.69 Å². The maximum Gasteiger partial charge on any atom is 0.241 e. The fraction of sp³-hybridized carbons (Fsp3) is 0.571. The molecule has 124 valence electrons. The summed E-state index contributed by atoms with van der Waals surface area (Å²) in [6, 6.07) is -0.00768. The molecular formula is C14H19FN6OS. The maximum atomic E-state index is 13.8. The number of hydrogen-bond donors (Lipinski definition) is 1. The zero-order chi connectivity index (χ0) is 16.2. The molecule has 0 spiro atoms. The van der Waals surface area contributed by atoms with Crippen molar-refractivity contribution in [1.29, 1.82) is 0 Å². The van der Waals surface area contributed by atoms with Crippen LogP contribution in [0, 0.1) is 6.92 Å². The molecule has 1 saturated heterocycles. The third kappa shape index (κ3) is 4.32. The molecule has 0 aromatic carbocycles. The zero-order valence-electron chi connectivity index (χ0n) is 12.9. The van der Waals surface area contributed by atoms with Crippen LogP contribution >= 0.6 is 11.3 Å². The Balaban J connectivity index is 1.51. The van der Waals surface area contributed by atoms with Crippen molar-refractivity contribution in [3.63, 3.8) is 0 Å². The van der Waals surface area contributed by atoms with E-state index in [0.717, 1.165) is 10.7 Å². The monoisotopic (exact) mass is 338 g/mol. The first-order valence-corrected chi connectivity index (χ1v) is 8.38. The van der Waals surface area contributed by atoms with E-state index in [1.807, 2.05) is 12.3 Å². The van der Waals surface area contributed by atoms with Crippen molar-refractivity contribution in [3.05, 3.63) is 28.5 Å². The van der Waals surface area contributed by atoms with Crippen LogP contribution in [0.3, 0.4) is 0 Å². The third-order valence-corrected chi connectivity index (χ3v) is 4.64. The van der Waals surface area contributed by atoms with Crippen LogP contribution in [0.4, 0.5) is 4.39 Å². The van der Waals surface area contributed by atoms with Crippen molar-refractivity contribution in [3.8, 4) is 0 Å². The highest BCUT2D eigenvalue weighted by atomic mass is 32.1. The number of thiazole rings is 1. The fourth-order valence-corrected chi connectivity index (χ4v) is 3.37. The molecule has 7 nitrogen and oxygen atoms in total. The van der Waals surface area contributed by atoms with Gasteiger partial charge in [0.05, 0.1) is 16.9 Å². The molecule has 1 aliphatic rings. The number of hydrogen-bond acceptors (Lipinski definition) is 6. The van der Waals surface area contributed by atoms with Crippen LogP contribution in [0.1, 0.15) is 17.1 Å². The Labute approximate surface area is 137 Å². The van der Waals surface area contributed by atoms with E-state index in [1.165, 1.54) is 10.9 Å². The first-order valence-electron chi connectivity index (χ1n) is 7.50. The van der Waals surface area contributed by atoms with Crippen molar-refractivity contribution < 1.29 is 9.18 Å². The molecule has 2 atom stereocenters. The van der Waals surface area contributed by atoms with Gasteiger partial charge in [-0.2, -0.15) is 0 Å². The van der Waals surface area contributed by atoms with Gasteiger partial charge in [0.15, 0.2) is 0 Å². The number of amides is 1. The number of likely N-dealkylation sites (tertiary alicyclic amines) is 1. The number of rotatable bonds is 6. The largest absolute Gasteiger partial charge is 0.353 e. The van der Waals surface area contributed by atoms with Crippen LogP contribution in [0.5, 0.6) is 0 Å². The molecule has 1 fully saturated rings. The quantitative estimate of drug-likeness (QED) is 0.842. The summed E-state index contributed by atoms with van der Waals surface area (Å²) in [5.74, 6) is -0.151. The van der Waals surface area contributed by atoms with Gasteiger partial charge in [-0.25, -0.2) is 14.1 Å². The molecule has 0 unspecified atom stereocenters. The van der Waals surface area contributed by atoms with Gasteiger partial charge in [-0.15, -0.1) is 16.4 Å². The molecule has 23 heavy (non-hydrogen) atoms. The molecule has 2 aromatic rings. The van der Waals surface area contributed by atoms with E-state index in [9.17, 15) is 9.18 Å². The maximum absolute atomic E-state index is 13.8. The summed E-state index contributed by atoms with van der Waals surface area (Å²) in [4.78, 5) is 18.4. The topological polar surface area (TPSA) is 75.9 Å². The highest BCUT2D eigenvalue weighted by Crippen LogP contribution is 2.22. The van der Waals surface area contributed by atoms with Crippen LogP contribution in [0.25, 0.3) is 0 Å². The van der Waals surface area contributed by atoms with Crippen molar-refractivity contribution >= 4 is 17.2 Å². The Kier molecular flexibility index (Phi) is 4.97. The standard InChI is InChI=1S/C14H19FN6OS/c1-10-18-12(9-23-10)7-20-6-11(15)4-13(20)5-16-14(22)8-21-3-2-17-19-21/h2-3,9,11,13H,4-8H2,1H3,(H,16,22)/t11-,13-/m0/s1. The van der Waals surface area contributed by atoms with E-state index in [1.54, 1.807) is 17.5 Å². The van der Waals surface area contributed by atoms with Crippen LogP contribution < -0.4 is 5.32 Å². The lowest BCUT2D eigenvalue weighted by atomic mass is 10.2. The number of carbonyl (C=O) groups is 1. The van der Waals surface area contributed by atoms with E-state index in [0.29, 0.717) is 26.1 Å². The van der Waals surface area contributed by atoms with Gasteiger partial charge in [0.2, 0.25) is 5.91 Å². The molecule has 0 bridgehead atoms. The second-order valence-electron chi connectivity index (χ2n) is 5.68. The Bertz CT molecular complexity index is 645. The average molecular weight is 338 g/mol. The number of nitrogens with zero attached hydrogens (tertiary/aromatic N) is 5. The van der Waals surface area contributed by atoms with E-state index >= 15 is 0 Å². The molecule has 0 aliphatic carbocycles. The summed E-state index contributed by atoms with van der Waals surface area (Å²) in [6.45, 7) is 3.51. The second-order valence-corrected chi connectivity index (χ2v) is 6.74. The smallest absolute Gasteiger partial charge is 0.241 e. The van der Waals surface area contributed by atoms with Gasteiger partial charge in [-0.1, -0.05) is 5.21 Å². The minimum atomic E-state index is -0.855. The van der Waals surface area contributed by atoms with E-state index in [2.05, 4.69) is 25.5 Å². The molecule has 0 radical (unpaired) electrons. The van der Waals surface area contributed by atoms with Crippen LogP contribution in [0.2, 0.25) is 0 Å². The van der Waals surface area contributed by atoms with Gasteiger partial charge < -0.3 is 5.32 Å². The van der Waals surface area contributed by atoms with E-state index in [4.69, 9.17) is 0 Å². The number of nitrogens with one attached hydrogen (secondary N) is 1. The van der Waals surface area contributed by atoms with E-state index < -0.39 is 6.17 Å². The Morgan fingerprint density at radius 2 is 2.43 bits per heavy atom. The second kappa shape index (κ2) is 7.14. The molecule has 2 aromatic heterocycles. The summed E-state index contributed by atoms with van der Waals surface area (Å²) in [7, 11) is 0. The summed E-state index contributed by atoms with van der Waals surface area (Å²) in [5.41, 5.74) is 0.959. The molecule has 3 rings (SSSR count). The van der Waals surface area contributed by atoms with Crippen molar-refractivity contribution in [2.24, 2.45) is 0 Å². The van der Waals surface area contributed by atoms with Crippen molar-refractivity contribution in [2.75, 3.05) is 13.1 Å². The van der Waals surface area contributed by atoms with Gasteiger partial charge in [0.1, 0.15) is 12.7 Å². The molecule has 3 heterocycles. The van der Waals surface area contributed by atoms with Gasteiger partial charge in [0, 0.05) is 37.3 Å². The third-order valence-electron chi connectivity index (χ3n) is 3.82. The molecule has 1 aliphatic heterocycles. The van der Waals surface area contributed by atoms with E-state index in [-0.39, 0.29) is 18.5 Å². The molecular weight excluding hydrogens is 319 g/mol. The number of carbonyl (C=O) groups excluding carboxylic acids is 1. The lowest BCUT2D eigenvalue weighted by molar-refractivity contribution is -0.122. The zero-order valence-corrected chi connectivity index (χ0v) is 13.7. The van der Waals surface area contributed by atoms with Gasteiger partial charge >= 0.3 is 0 Å². The highest BCUT2D eigenvalue weighted by Gasteiger charge is 2.32.